The number of hydrogen-bond donors (Lipinski definition) is 3. The first-order valence-electron chi connectivity index (χ1n) is 10.6. The van der Waals surface area contributed by atoms with Crippen molar-refractivity contribution >= 4 is 35.8 Å². The Morgan fingerprint density at radius 2 is 1.91 bits per heavy atom. The molecule has 0 aliphatic heterocycles. The van der Waals surface area contributed by atoms with Gasteiger partial charge in [0.05, 0.1) is 33.7 Å². The van der Waals surface area contributed by atoms with E-state index < -0.39 is 7.60 Å². The van der Waals surface area contributed by atoms with Gasteiger partial charge >= 0.3 is 7.60 Å². The highest BCUT2D eigenvalue weighted by atomic mass is 31.2. The predicted octanol–water partition coefficient (Wildman–Crippen LogP) is 2.73. The molecule has 4 rings (SSSR count). The molecule has 0 saturated heterocycles. The Morgan fingerprint density at radius 3 is 2.56 bits per heavy atom. The third-order valence-corrected chi connectivity index (χ3v) is 6.40. The van der Waals surface area contributed by atoms with E-state index in [0.717, 1.165) is 16.8 Å². The number of fused-ring (bicyclic) bond motifs is 1. The number of nitrogens with one attached hydrogen (secondary N) is 1. The Kier molecular flexibility index (Phi) is 6.35. The zero-order valence-electron chi connectivity index (χ0n) is 18.6. The van der Waals surface area contributed by atoms with Gasteiger partial charge in [-0.2, -0.15) is 10.4 Å². The van der Waals surface area contributed by atoms with Gasteiger partial charge in [-0.15, -0.1) is 0 Å². The molecule has 0 unspecified atom stereocenters. The molecule has 0 saturated carbocycles. The SMILES string of the molecule is CCn1nc(C)cc1C(=O)Nc1nc2cc(C#N)ccc2n1CCc1ccc(P(=O)(O)O)cc1. The molecular weight excluding hydrogens is 455 g/mol. The van der Waals surface area contributed by atoms with E-state index in [0.29, 0.717) is 42.2 Å². The second-order valence-corrected chi connectivity index (χ2v) is 9.41. The molecule has 1 amide bonds. The van der Waals surface area contributed by atoms with Crippen LogP contribution < -0.4 is 10.6 Å². The number of carbonyl (C=O) groups is 1. The smallest absolute Gasteiger partial charge is 0.321 e. The van der Waals surface area contributed by atoms with Crippen LogP contribution in [-0.2, 0) is 24.1 Å². The molecule has 2 heterocycles. The molecule has 0 aliphatic carbocycles. The van der Waals surface area contributed by atoms with Crippen molar-refractivity contribution < 1.29 is 19.1 Å². The third kappa shape index (κ3) is 4.77. The Bertz CT molecular complexity index is 1460. The van der Waals surface area contributed by atoms with Crippen LogP contribution in [0.25, 0.3) is 11.0 Å². The van der Waals surface area contributed by atoms with E-state index in [1.165, 1.54) is 12.1 Å². The van der Waals surface area contributed by atoms with Gasteiger partial charge in [0.15, 0.2) is 0 Å². The van der Waals surface area contributed by atoms with Crippen molar-refractivity contribution in [2.45, 2.75) is 33.4 Å². The molecule has 11 heteroatoms. The summed E-state index contributed by atoms with van der Waals surface area (Å²) >= 11 is 0. The van der Waals surface area contributed by atoms with Crippen molar-refractivity contribution in [2.75, 3.05) is 5.32 Å². The van der Waals surface area contributed by atoms with E-state index in [1.54, 1.807) is 41.1 Å². The Morgan fingerprint density at radius 1 is 1.18 bits per heavy atom. The number of rotatable bonds is 7. The molecule has 4 aromatic rings. The number of aromatic nitrogens is 4. The highest BCUT2D eigenvalue weighted by Gasteiger charge is 2.19. The lowest BCUT2D eigenvalue weighted by atomic mass is 10.1. The Hall–Kier alpha value is -3.77. The molecule has 34 heavy (non-hydrogen) atoms. The molecule has 0 spiro atoms. The molecule has 2 aromatic heterocycles. The molecule has 174 valence electrons. The van der Waals surface area contributed by atoms with Crippen LogP contribution in [0.4, 0.5) is 5.95 Å². The molecule has 0 atom stereocenters. The van der Waals surface area contributed by atoms with Crippen LogP contribution in [0.5, 0.6) is 0 Å². The molecular formula is C23H23N6O4P. The van der Waals surface area contributed by atoms with E-state index >= 15 is 0 Å². The van der Waals surface area contributed by atoms with E-state index in [1.807, 2.05) is 18.4 Å². The standard InChI is InChI=1S/C23H23N6O4P/c1-3-29-21(12-15(2)27-29)22(30)26-23-25-19-13-17(14-24)6-9-20(19)28(23)11-10-16-4-7-18(8-5-16)34(31,32)33/h4-9,12-13H,3,10-11H2,1-2H3,(H,25,26,30)(H2,31,32,33). The summed E-state index contributed by atoms with van der Waals surface area (Å²) < 4.78 is 14.9. The molecule has 0 aliphatic rings. The van der Waals surface area contributed by atoms with Crippen molar-refractivity contribution in [1.29, 1.82) is 5.26 Å². The predicted molar refractivity (Wildman–Crippen MR) is 127 cm³/mol. The Labute approximate surface area is 195 Å². The van der Waals surface area contributed by atoms with Gasteiger partial charge in [-0.05, 0) is 62.2 Å². The van der Waals surface area contributed by atoms with Crippen LogP contribution in [0.1, 0.15) is 34.2 Å². The number of nitriles is 1. The minimum atomic E-state index is -4.30. The van der Waals surface area contributed by atoms with Crippen molar-refractivity contribution in [3.63, 3.8) is 0 Å². The zero-order valence-corrected chi connectivity index (χ0v) is 19.5. The fourth-order valence-electron chi connectivity index (χ4n) is 3.75. The van der Waals surface area contributed by atoms with E-state index in [-0.39, 0.29) is 11.2 Å². The molecule has 0 fully saturated rings. The van der Waals surface area contributed by atoms with E-state index in [2.05, 4.69) is 21.5 Å². The average Bonchev–Trinajstić information content (AvgIpc) is 3.36. The number of anilines is 1. The third-order valence-electron chi connectivity index (χ3n) is 5.43. The fraction of sp³-hybridized carbons (Fsp3) is 0.217. The number of carbonyl (C=O) groups excluding carboxylic acids is 1. The van der Waals surface area contributed by atoms with E-state index in [4.69, 9.17) is 0 Å². The van der Waals surface area contributed by atoms with Crippen LogP contribution in [0.2, 0.25) is 0 Å². The molecule has 2 aromatic carbocycles. The van der Waals surface area contributed by atoms with Gasteiger partial charge in [0.25, 0.3) is 5.91 Å². The second kappa shape index (κ2) is 9.23. The molecule has 0 radical (unpaired) electrons. The van der Waals surface area contributed by atoms with Crippen molar-refractivity contribution in [3.05, 3.63) is 71.0 Å². The summed E-state index contributed by atoms with van der Waals surface area (Å²) in [5.74, 6) is -0.00561. The monoisotopic (exact) mass is 478 g/mol. The Balaban J connectivity index is 1.65. The first-order chi connectivity index (χ1) is 16.2. The highest BCUT2D eigenvalue weighted by Crippen LogP contribution is 2.33. The van der Waals surface area contributed by atoms with Crippen molar-refractivity contribution in [1.82, 2.24) is 19.3 Å². The summed E-state index contributed by atoms with van der Waals surface area (Å²) in [7, 11) is -4.30. The largest absolute Gasteiger partial charge is 0.356 e. The van der Waals surface area contributed by atoms with Crippen LogP contribution in [0.3, 0.4) is 0 Å². The van der Waals surface area contributed by atoms with Gasteiger partial charge in [0.1, 0.15) is 5.69 Å². The molecule has 3 N–H and O–H groups in total. The zero-order chi connectivity index (χ0) is 24.5. The normalized spacial score (nSPS) is 11.5. The van der Waals surface area contributed by atoms with Gasteiger partial charge in [0.2, 0.25) is 5.95 Å². The topological polar surface area (TPSA) is 146 Å². The van der Waals surface area contributed by atoms with Crippen molar-refractivity contribution in [3.8, 4) is 6.07 Å². The van der Waals surface area contributed by atoms with Crippen LogP contribution in [0, 0.1) is 18.3 Å². The van der Waals surface area contributed by atoms with Gasteiger partial charge in [-0.3, -0.25) is 19.4 Å². The molecule has 10 nitrogen and oxygen atoms in total. The summed E-state index contributed by atoms with van der Waals surface area (Å²) in [4.78, 5) is 36.2. The quantitative estimate of drug-likeness (QED) is 0.346. The second-order valence-electron chi connectivity index (χ2n) is 7.80. The summed E-state index contributed by atoms with van der Waals surface area (Å²) in [5, 5.41) is 16.4. The maximum absolute atomic E-state index is 13.0. The van der Waals surface area contributed by atoms with Crippen LogP contribution in [-0.4, -0.2) is 35.0 Å². The lowest BCUT2D eigenvalue weighted by Crippen LogP contribution is -2.20. The molecule has 0 bridgehead atoms. The summed E-state index contributed by atoms with van der Waals surface area (Å²) in [6, 6.07) is 15.1. The minimum Gasteiger partial charge on any atom is -0.321 e. The summed E-state index contributed by atoms with van der Waals surface area (Å²) in [6.07, 6.45) is 0.530. The van der Waals surface area contributed by atoms with Crippen LogP contribution >= 0.6 is 7.60 Å². The number of imidazole rings is 1. The van der Waals surface area contributed by atoms with E-state index in [9.17, 15) is 24.4 Å². The maximum atomic E-state index is 13.0. The summed E-state index contributed by atoms with van der Waals surface area (Å²) in [5.41, 5.74) is 3.81. The van der Waals surface area contributed by atoms with Gasteiger partial charge < -0.3 is 14.4 Å². The minimum absolute atomic E-state index is 0.0378. The lowest BCUT2D eigenvalue weighted by Gasteiger charge is -2.11. The average molecular weight is 478 g/mol. The number of nitrogens with zero attached hydrogens (tertiary/aromatic N) is 5. The lowest BCUT2D eigenvalue weighted by molar-refractivity contribution is 0.101. The number of hydrogen-bond acceptors (Lipinski definition) is 5. The first-order valence-corrected chi connectivity index (χ1v) is 12.2. The fourth-order valence-corrected chi connectivity index (χ4v) is 4.29. The van der Waals surface area contributed by atoms with Crippen LogP contribution in [0.15, 0.2) is 48.5 Å². The number of benzene rings is 2. The number of aryl methyl sites for hydroxylation is 4. The highest BCUT2D eigenvalue weighted by molar-refractivity contribution is 7.60. The van der Waals surface area contributed by atoms with Gasteiger partial charge in [-0.1, -0.05) is 12.1 Å². The number of amides is 1. The first kappa shape index (κ1) is 23.4. The maximum Gasteiger partial charge on any atom is 0.356 e. The van der Waals surface area contributed by atoms with Gasteiger partial charge in [-0.25, -0.2) is 4.98 Å². The van der Waals surface area contributed by atoms with Crippen molar-refractivity contribution in [2.24, 2.45) is 0 Å². The summed E-state index contributed by atoms with van der Waals surface area (Å²) in [6.45, 7) is 4.71. The van der Waals surface area contributed by atoms with Gasteiger partial charge in [0, 0.05) is 13.1 Å².